The first-order valence-electron chi connectivity index (χ1n) is 10.2. The van der Waals surface area contributed by atoms with Gasteiger partial charge in [0.25, 0.3) is 10.1 Å². The van der Waals surface area contributed by atoms with Crippen LogP contribution in [0.5, 0.6) is 5.75 Å². The first-order valence-corrected chi connectivity index (χ1v) is 11.7. The molecule has 0 aliphatic heterocycles. The number of rotatable bonds is 11. The standard InChI is InChI=1S/C25H28O4S/c1-21-13-15-25(16-14-21)30(26,27)29-19-17-23-11-7-12-24(20-23)28-18-6-5-10-22-8-3-2-4-9-22/h2-4,7-9,11-16,20H,5-6,10,17-19H2,1H3. The van der Waals surface area contributed by atoms with Crippen LogP contribution in [-0.4, -0.2) is 21.6 Å². The van der Waals surface area contributed by atoms with Crippen LogP contribution in [-0.2, 0) is 27.1 Å². The van der Waals surface area contributed by atoms with Crippen LogP contribution >= 0.6 is 0 Å². The van der Waals surface area contributed by atoms with Crippen molar-refractivity contribution in [3.05, 3.63) is 95.6 Å². The van der Waals surface area contributed by atoms with Crippen LogP contribution in [0.15, 0.2) is 83.8 Å². The maximum atomic E-state index is 12.3. The predicted molar refractivity (Wildman–Crippen MR) is 119 cm³/mol. The molecule has 30 heavy (non-hydrogen) atoms. The second-order valence-corrected chi connectivity index (χ2v) is 8.89. The molecule has 0 unspecified atom stereocenters. The smallest absolute Gasteiger partial charge is 0.296 e. The molecule has 0 bridgehead atoms. The van der Waals surface area contributed by atoms with E-state index < -0.39 is 10.1 Å². The highest BCUT2D eigenvalue weighted by Crippen LogP contribution is 2.17. The third kappa shape index (κ3) is 7.01. The van der Waals surface area contributed by atoms with Crippen molar-refractivity contribution in [3.8, 4) is 5.75 Å². The minimum absolute atomic E-state index is 0.0940. The Morgan fingerprint density at radius 1 is 0.733 bits per heavy atom. The molecule has 4 nitrogen and oxygen atoms in total. The highest BCUT2D eigenvalue weighted by molar-refractivity contribution is 7.86. The number of benzene rings is 3. The van der Waals surface area contributed by atoms with E-state index in [1.807, 2.05) is 37.3 Å². The van der Waals surface area contributed by atoms with E-state index in [9.17, 15) is 8.42 Å². The van der Waals surface area contributed by atoms with Gasteiger partial charge in [0, 0.05) is 0 Å². The molecular formula is C25H28O4S. The zero-order valence-corrected chi connectivity index (χ0v) is 18.1. The average molecular weight is 425 g/mol. The van der Waals surface area contributed by atoms with Crippen LogP contribution in [0.2, 0.25) is 0 Å². The summed E-state index contributed by atoms with van der Waals surface area (Å²) in [6.45, 7) is 2.67. The molecule has 0 aliphatic rings. The summed E-state index contributed by atoms with van der Waals surface area (Å²) in [5.41, 5.74) is 3.34. The molecule has 0 fully saturated rings. The fourth-order valence-corrected chi connectivity index (χ4v) is 4.01. The molecule has 3 aromatic rings. The van der Waals surface area contributed by atoms with E-state index in [-0.39, 0.29) is 11.5 Å². The molecule has 0 atom stereocenters. The SMILES string of the molecule is Cc1ccc(S(=O)(=O)OCCc2cccc(OCCCCc3ccccc3)c2)cc1. The Labute approximate surface area is 179 Å². The molecule has 0 saturated carbocycles. The summed E-state index contributed by atoms with van der Waals surface area (Å²) in [5, 5.41) is 0. The lowest BCUT2D eigenvalue weighted by Crippen LogP contribution is -2.09. The molecule has 158 valence electrons. The van der Waals surface area contributed by atoms with Crippen molar-refractivity contribution in [2.24, 2.45) is 0 Å². The fraction of sp³-hybridized carbons (Fsp3) is 0.280. The Bertz CT molecular complexity index is 1010. The predicted octanol–water partition coefficient (Wildman–Crippen LogP) is 5.34. The van der Waals surface area contributed by atoms with Gasteiger partial charge in [0.2, 0.25) is 0 Å². The minimum Gasteiger partial charge on any atom is -0.494 e. The van der Waals surface area contributed by atoms with E-state index in [0.717, 1.165) is 36.1 Å². The second kappa shape index (κ2) is 11.0. The molecular weight excluding hydrogens is 396 g/mol. The van der Waals surface area contributed by atoms with Gasteiger partial charge in [0.15, 0.2) is 0 Å². The molecule has 0 heterocycles. The second-order valence-electron chi connectivity index (χ2n) is 7.28. The Morgan fingerprint density at radius 2 is 1.47 bits per heavy atom. The normalized spacial score (nSPS) is 11.4. The molecule has 0 radical (unpaired) electrons. The zero-order chi connectivity index (χ0) is 21.2. The Balaban J connectivity index is 1.41. The van der Waals surface area contributed by atoms with Gasteiger partial charge in [-0.15, -0.1) is 0 Å². The van der Waals surface area contributed by atoms with Crippen molar-refractivity contribution in [3.63, 3.8) is 0 Å². The van der Waals surface area contributed by atoms with Crippen molar-refractivity contribution in [2.75, 3.05) is 13.2 Å². The molecule has 3 rings (SSSR count). The van der Waals surface area contributed by atoms with Gasteiger partial charge < -0.3 is 4.74 Å². The van der Waals surface area contributed by atoms with Crippen LogP contribution < -0.4 is 4.74 Å². The molecule has 0 N–H and O–H groups in total. The third-order valence-electron chi connectivity index (χ3n) is 4.81. The van der Waals surface area contributed by atoms with Crippen molar-refractivity contribution in [2.45, 2.75) is 37.5 Å². The molecule has 0 saturated heterocycles. The van der Waals surface area contributed by atoms with Crippen LogP contribution in [0, 0.1) is 6.92 Å². The van der Waals surface area contributed by atoms with Crippen LogP contribution in [0.4, 0.5) is 0 Å². The van der Waals surface area contributed by atoms with Gasteiger partial charge in [0.05, 0.1) is 18.1 Å². The maximum absolute atomic E-state index is 12.3. The van der Waals surface area contributed by atoms with Crippen molar-refractivity contribution < 1.29 is 17.3 Å². The molecule has 3 aromatic carbocycles. The highest BCUT2D eigenvalue weighted by Gasteiger charge is 2.14. The van der Waals surface area contributed by atoms with Gasteiger partial charge in [-0.2, -0.15) is 8.42 Å². The van der Waals surface area contributed by atoms with E-state index in [0.29, 0.717) is 13.0 Å². The number of unbranched alkanes of at least 4 members (excludes halogenated alkanes) is 1. The van der Waals surface area contributed by atoms with Gasteiger partial charge in [-0.05, 0) is 68.0 Å². The summed E-state index contributed by atoms with van der Waals surface area (Å²) >= 11 is 0. The summed E-state index contributed by atoms with van der Waals surface area (Å²) < 4.78 is 35.6. The number of hydrogen-bond acceptors (Lipinski definition) is 4. The van der Waals surface area contributed by atoms with Gasteiger partial charge >= 0.3 is 0 Å². The zero-order valence-electron chi connectivity index (χ0n) is 17.3. The van der Waals surface area contributed by atoms with Crippen LogP contribution in [0.25, 0.3) is 0 Å². The van der Waals surface area contributed by atoms with Crippen molar-refractivity contribution in [1.82, 2.24) is 0 Å². The summed E-state index contributed by atoms with van der Waals surface area (Å²) in [6.07, 6.45) is 3.61. The number of aryl methyl sites for hydroxylation is 2. The monoisotopic (exact) mass is 424 g/mol. The lowest BCUT2D eigenvalue weighted by Gasteiger charge is -2.09. The van der Waals surface area contributed by atoms with Crippen molar-refractivity contribution >= 4 is 10.1 Å². The first-order chi connectivity index (χ1) is 14.5. The maximum Gasteiger partial charge on any atom is 0.296 e. The first kappa shape index (κ1) is 22.1. The van der Waals surface area contributed by atoms with E-state index in [4.69, 9.17) is 8.92 Å². The molecule has 5 heteroatoms. The van der Waals surface area contributed by atoms with Crippen LogP contribution in [0.1, 0.15) is 29.5 Å². The van der Waals surface area contributed by atoms with E-state index in [1.165, 1.54) is 5.56 Å². The van der Waals surface area contributed by atoms with Gasteiger partial charge in [-0.25, -0.2) is 0 Å². The van der Waals surface area contributed by atoms with E-state index in [2.05, 4.69) is 24.3 Å². The topological polar surface area (TPSA) is 52.6 Å². The largest absolute Gasteiger partial charge is 0.494 e. The number of hydrogen-bond donors (Lipinski definition) is 0. The summed E-state index contributed by atoms with van der Waals surface area (Å²) in [5.74, 6) is 0.800. The van der Waals surface area contributed by atoms with Gasteiger partial charge in [-0.1, -0.05) is 60.2 Å². The van der Waals surface area contributed by atoms with Crippen molar-refractivity contribution in [1.29, 1.82) is 0 Å². The summed E-state index contributed by atoms with van der Waals surface area (Å²) in [7, 11) is -3.73. The van der Waals surface area contributed by atoms with Gasteiger partial charge in [-0.3, -0.25) is 4.18 Å². The lowest BCUT2D eigenvalue weighted by molar-refractivity contribution is 0.305. The Hall–Kier alpha value is -2.63. The van der Waals surface area contributed by atoms with Gasteiger partial charge in [0.1, 0.15) is 5.75 Å². The molecule has 0 spiro atoms. The van der Waals surface area contributed by atoms with Crippen LogP contribution in [0.3, 0.4) is 0 Å². The van der Waals surface area contributed by atoms with E-state index in [1.54, 1.807) is 24.3 Å². The quantitative estimate of drug-likeness (QED) is 0.308. The lowest BCUT2D eigenvalue weighted by atomic mass is 10.1. The Kier molecular flexibility index (Phi) is 8.05. The Morgan fingerprint density at radius 3 is 2.23 bits per heavy atom. The molecule has 0 amide bonds. The summed E-state index contributed by atoms with van der Waals surface area (Å²) in [4.78, 5) is 0.181. The summed E-state index contributed by atoms with van der Waals surface area (Å²) in [6, 6.07) is 24.8. The minimum atomic E-state index is -3.73. The average Bonchev–Trinajstić information content (AvgIpc) is 2.75. The fourth-order valence-electron chi connectivity index (χ4n) is 3.10. The van der Waals surface area contributed by atoms with E-state index >= 15 is 0 Å². The number of ether oxygens (including phenoxy) is 1. The highest BCUT2D eigenvalue weighted by atomic mass is 32.2. The molecule has 0 aliphatic carbocycles. The molecule has 0 aromatic heterocycles. The third-order valence-corrected chi connectivity index (χ3v) is 6.14.